The Balaban J connectivity index is 1.41. The van der Waals surface area contributed by atoms with Crippen molar-refractivity contribution in [3.05, 3.63) is 82.9 Å². The fourth-order valence-corrected chi connectivity index (χ4v) is 4.83. The van der Waals surface area contributed by atoms with Gasteiger partial charge in [-0.25, -0.2) is 0 Å². The molecule has 0 unspecified atom stereocenters. The average Bonchev–Trinajstić information content (AvgIpc) is 2.85. The molecule has 0 atom stereocenters. The molecule has 2 aromatic carbocycles. The lowest BCUT2D eigenvalue weighted by Gasteiger charge is -2.27. The zero-order valence-electron chi connectivity index (χ0n) is 20.4. The summed E-state index contributed by atoms with van der Waals surface area (Å²) in [6.45, 7) is 4.54. The standard InChI is InChI=1S/C32H42/c1-3-5-6-7-8-9-10-28-15-17-30(18-16-28)21-22-32-25-23-31(24-26-32)20-19-29-13-11-27(4-2)12-14-29/h5-6,15-18,23-27,29H,3-4,7-14,19-20H2,1-2H3/b6-5+. The lowest BCUT2D eigenvalue weighted by molar-refractivity contribution is 0.259. The molecule has 170 valence electrons. The molecule has 1 fully saturated rings. The molecule has 0 radical (unpaired) electrons. The Morgan fingerprint density at radius 3 is 1.81 bits per heavy atom. The van der Waals surface area contributed by atoms with E-state index in [9.17, 15) is 0 Å². The predicted octanol–water partition coefficient (Wildman–Crippen LogP) is 8.91. The third-order valence-electron chi connectivity index (χ3n) is 7.13. The third kappa shape index (κ3) is 8.70. The van der Waals surface area contributed by atoms with Crippen LogP contribution in [0, 0.1) is 23.7 Å². The first kappa shape index (κ1) is 24.4. The van der Waals surface area contributed by atoms with Crippen molar-refractivity contribution < 1.29 is 0 Å². The van der Waals surface area contributed by atoms with E-state index in [0.717, 1.165) is 35.8 Å². The molecule has 0 nitrogen and oxygen atoms in total. The number of benzene rings is 2. The molecule has 0 N–H and O–H groups in total. The lowest BCUT2D eigenvalue weighted by atomic mass is 9.78. The second-order valence-corrected chi connectivity index (χ2v) is 9.60. The number of hydrogen-bond donors (Lipinski definition) is 0. The van der Waals surface area contributed by atoms with Crippen molar-refractivity contribution in [2.45, 2.75) is 90.9 Å². The van der Waals surface area contributed by atoms with E-state index in [4.69, 9.17) is 0 Å². The van der Waals surface area contributed by atoms with E-state index in [0.29, 0.717) is 0 Å². The summed E-state index contributed by atoms with van der Waals surface area (Å²) in [5.41, 5.74) is 5.10. The molecule has 0 heteroatoms. The highest BCUT2D eigenvalue weighted by Gasteiger charge is 2.19. The summed E-state index contributed by atoms with van der Waals surface area (Å²) in [5, 5.41) is 0. The SMILES string of the molecule is CC/C=C/CCCCc1ccc(C#Cc2ccc(CCC3CCC(CC)CC3)cc2)cc1. The Labute approximate surface area is 197 Å². The molecule has 32 heavy (non-hydrogen) atoms. The average molecular weight is 427 g/mol. The van der Waals surface area contributed by atoms with Crippen LogP contribution in [0.4, 0.5) is 0 Å². The van der Waals surface area contributed by atoms with Crippen molar-refractivity contribution in [1.82, 2.24) is 0 Å². The van der Waals surface area contributed by atoms with Crippen LogP contribution in [0.1, 0.15) is 100 Å². The maximum absolute atomic E-state index is 3.34. The van der Waals surface area contributed by atoms with Gasteiger partial charge in [-0.1, -0.05) is 94.2 Å². The predicted molar refractivity (Wildman–Crippen MR) is 140 cm³/mol. The van der Waals surface area contributed by atoms with Gasteiger partial charge in [0.15, 0.2) is 0 Å². The molecule has 0 aromatic heterocycles. The van der Waals surface area contributed by atoms with Crippen molar-refractivity contribution in [3.8, 4) is 11.8 Å². The van der Waals surface area contributed by atoms with Gasteiger partial charge in [0, 0.05) is 11.1 Å². The number of hydrogen-bond acceptors (Lipinski definition) is 0. The molecule has 3 rings (SSSR count). The van der Waals surface area contributed by atoms with Crippen molar-refractivity contribution in [1.29, 1.82) is 0 Å². The summed E-state index contributed by atoms with van der Waals surface area (Å²) in [6, 6.07) is 17.8. The summed E-state index contributed by atoms with van der Waals surface area (Å²) in [6.07, 6.45) is 20.3. The molecule has 0 heterocycles. The van der Waals surface area contributed by atoms with E-state index < -0.39 is 0 Å². The van der Waals surface area contributed by atoms with Crippen LogP contribution >= 0.6 is 0 Å². The van der Waals surface area contributed by atoms with Gasteiger partial charge in [0.1, 0.15) is 0 Å². The highest BCUT2D eigenvalue weighted by molar-refractivity contribution is 5.44. The summed E-state index contributed by atoms with van der Waals surface area (Å²) < 4.78 is 0. The molecule has 0 saturated heterocycles. The highest BCUT2D eigenvalue weighted by Crippen LogP contribution is 2.33. The van der Waals surface area contributed by atoms with Gasteiger partial charge >= 0.3 is 0 Å². The van der Waals surface area contributed by atoms with Gasteiger partial charge in [0.25, 0.3) is 0 Å². The second kappa shape index (κ2) is 14.0. The molecular formula is C32H42. The summed E-state index contributed by atoms with van der Waals surface area (Å²) in [7, 11) is 0. The molecule has 0 aliphatic heterocycles. The second-order valence-electron chi connectivity index (χ2n) is 9.60. The van der Waals surface area contributed by atoms with E-state index >= 15 is 0 Å². The first-order valence-corrected chi connectivity index (χ1v) is 13.1. The van der Waals surface area contributed by atoms with Crippen LogP contribution in [0.15, 0.2) is 60.7 Å². The van der Waals surface area contributed by atoms with Gasteiger partial charge in [-0.3, -0.25) is 0 Å². The number of unbranched alkanes of at least 4 members (excludes halogenated alkanes) is 2. The summed E-state index contributed by atoms with van der Waals surface area (Å²) in [5.74, 6) is 8.61. The van der Waals surface area contributed by atoms with Crippen molar-refractivity contribution >= 4 is 0 Å². The smallest absolute Gasteiger partial charge is 0.0249 e. The van der Waals surface area contributed by atoms with E-state index in [-0.39, 0.29) is 0 Å². The quantitative estimate of drug-likeness (QED) is 0.202. The first-order chi connectivity index (χ1) is 15.8. The van der Waals surface area contributed by atoms with Gasteiger partial charge in [0.05, 0.1) is 0 Å². The largest absolute Gasteiger partial charge is 0.0888 e. The first-order valence-electron chi connectivity index (χ1n) is 13.1. The Kier molecular flexibility index (Phi) is 10.7. The minimum absolute atomic E-state index is 0.943. The number of aryl methyl sites for hydroxylation is 2. The van der Waals surface area contributed by atoms with Gasteiger partial charge < -0.3 is 0 Å². The highest BCUT2D eigenvalue weighted by atomic mass is 14.2. The maximum atomic E-state index is 3.34. The number of rotatable bonds is 10. The fourth-order valence-electron chi connectivity index (χ4n) is 4.83. The molecule has 1 aliphatic rings. The van der Waals surface area contributed by atoms with Crippen LogP contribution in [0.25, 0.3) is 0 Å². The summed E-state index contributed by atoms with van der Waals surface area (Å²) >= 11 is 0. The Morgan fingerprint density at radius 2 is 1.25 bits per heavy atom. The molecule has 0 amide bonds. The lowest BCUT2D eigenvalue weighted by Crippen LogP contribution is -2.14. The minimum atomic E-state index is 0.943. The van der Waals surface area contributed by atoms with E-state index in [1.54, 1.807) is 0 Å². The van der Waals surface area contributed by atoms with E-state index in [1.807, 2.05) is 0 Å². The van der Waals surface area contributed by atoms with Crippen molar-refractivity contribution in [2.75, 3.05) is 0 Å². The van der Waals surface area contributed by atoms with E-state index in [1.165, 1.54) is 75.3 Å². The molecule has 2 aromatic rings. The van der Waals surface area contributed by atoms with Crippen molar-refractivity contribution in [2.24, 2.45) is 11.8 Å². The van der Waals surface area contributed by atoms with Gasteiger partial charge in [-0.15, -0.1) is 0 Å². The zero-order chi connectivity index (χ0) is 22.4. The van der Waals surface area contributed by atoms with Crippen LogP contribution in [-0.4, -0.2) is 0 Å². The fraction of sp³-hybridized carbons (Fsp3) is 0.500. The summed E-state index contributed by atoms with van der Waals surface area (Å²) in [4.78, 5) is 0. The van der Waals surface area contributed by atoms with Crippen molar-refractivity contribution in [3.63, 3.8) is 0 Å². The van der Waals surface area contributed by atoms with E-state index in [2.05, 4.69) is 86.4 Å². The topological polar surface area (TPSA) is 0 Å². The van der Waals surface area contributed by atoms with Crippen LogP contribution in [0.5, 0.6) is 0 Å². The molecule has 0 spiro atoms. The molecular weight excluding hydrogens is 384 g/mol. The molecule has 0 bridgehead atoms. The maximum Gasteiger partial charge on any atom is 0.0249 e. The Morgan fingerprint density at radius 1 is 0.688 bits per heavy atom. The number of allylic oxidation sites excluding steroid dienone is 2. The minimum Gasteiger partial charge on any atom is -0.0888 e. The van der Waals surface area contributed by atoms with Gasteiger partial charge in [0.2, 0.25) is 0 Å². The molecule has 1 saturated carbocycles. The van der Waals surface area contributed by atoms with Gasteiger partial charge in [-0.05, 0) is 92.2 Å². The Bertz CT molecular complexity index is 849. The Hall–Kier alpha value is -2.26. The van der Waals surface area contributed by atoms with Crippen LogP contribution < -0.4 is 0 Å². The van der Waals surface area contributed by atoms with Crippen LogP contribution in [-0.2, 0) is 12.8 Å². The van der Waals surface area contributed by atoms with Crippen LogP contribution in [0.2, 0.25) is 0 Å². The third-order valence-corrected chi connectivity index (χ3v) is 7.13. The van der Waals surface area contributed by atoms with Crippen LogP contribution in [0.3, 0.4) is 0 Å². The zero-order valence-corrected chi connectivity index (χ0v) is 20.4. The monoisotopic (exact) mass is 426 g/mol. The normalized spacial score (nSPS) is 18.4. The molecule has 1 aliphatic carbocycles. The van der Waals surface area contributed by atoms with Gasteiger partial charge in [-0.2, -0.15) is 0 Å².